The van der Waals surface area contributed by atoms with Crippen molar-refractivity contribution in [2.45, 2.75) is 32.2 Å². The van der Waals surface area contributed by atoms with Crippen LogP contribution in [0.25, 0.3) is 32.3 Å². The first-order chi connectivity index (χ1) is 17.6. The van der Waals surface area contributed by atoms with E-state index < -0.39 is 6.17 Å². The van der Waals surface area contributed by atoms with Gasteiger partial charge in [-0.05, 0) is 56.9 Å². The van der Waals surface area contributed by atoms with Crippen molar-refractivity contribution in [1.82, 2.24) is 5.32 Å². The molecule has 5 aromatic carbocycles. The summed E-state index contributed by atoms with van der Waals surface area (Å²) in [6.07, 6.45) is 0.523. The fourth-order valence-electron chi connectivity index (χ4n) is 5.27. The Morgan fingerprint density at radius 1 is 0.806 bits per heavy atom. The third-order valence-electron chi connectivity index (χ3n) is 6.94. The van der Waals surface area contributed by atoms with Gasteiger partial charge in [0.2, 0.25) is 0 Å². The Balaban J connectivity index is 1.60. The molecule has 3 N–H and O–H groups in total. The van der Waals surface area contributed by atoms with E-state index in [2.05, 4.69) is 79.0 Å². The number of hydrogen-bond acceptors (Lipinski definition) is 5. The first-order valence-electron chi connectivity index (χ1n) is 12.4. The second-order valence-electron chi connectivity index (χ2n) is 9.27. The number of nitrogens with one attached hydrogen (secondary N) is 1. The molecule has 0 saturated carbocycles. The van der Waals surface area contributed by atoms with Gasteiger partial charge in [-0.2, -0.15) is 0 Å². The van der Waals surface area contributed by atoms with Crippen molar-refractivity contribution < 1.29 is 14.9 Å². The number of phenolic OH excluding ortho intramolecular Hbond substituents is 2. The molecule has 1 heterocycles. The Labute approximate surface area is 209 Å². The van der Waals surface area contributed by atoms with Crippen LogP contribution in [0.15, 0.2) is 89.9 Å². The number of nitrogens with zero attached hydrogens (tertiary/aromatic N) is 1. The van der Waals surface area contributed by atoms with E-state index in [1.54, 1.807) is 18.2 Å². The van der Waals surface area contributed by atoms with Crippen molar-refractivity contribution in [3.63, 3.8) is 0 Å². The second kappa shape index (κ2) is 9.26. The van der Waals surface area contributed by atoms with Crippen molar-refractivity contribution in [2.75, 3.05) is 6.61 Å². The monoisotopic (exact) mass is 476 g/mol. The van der Waals surface area contributed by atoms with Gasteiger partial charge >= 0.3 is 0 Å². The molecule has 0 spiro atoms. The van der Waals surface area contributed by atoms with Crippen molar-refractivity contribution in [1.29, 1.82) is 0 Å². The molecular formula is C31H28N2O3. The predicted molar refractivity (Wildman–Crippen MR) is 146 cm³/mol. The van der Waals surface area contributed by atoms with Crippen LogP contribution >= 0.6 is 0 Å². The average molecular weight is 477 g/mol. The third-order valence-corrected chi connectivity index (χ3v) is 6.94. The van der Waals surface area contributed by atoms with Crippen molar-refractivity contribution >= 4 is 38.0 Å². The number of hydrogen-bond donors (Lipinski definition) is 3. The summed E-state index contributed by atoms with van der Waals surface area (Å²) < 4.78 is 6.13. The van der Waals surface area contributed by atoms with Gasteiger partial charge < -0.3 is 14.9 Å². The van der Waals surface area contributed by atoms with Gasteiger partial charge in [0, 0.05) is 24.3 Å². The smallest absolute Gasteiger partial charge is 0.135 e. The number of aromatic hydroxyl groups is 2. The summed E-state index contributed by atoms with van der Waals surface area (Å²) in [4.78, 5) is 5.04. The minimum atomic E-state index is -0.640. The van der Waals surface area contributed by atoms with Gasteiger partial charge in [0.25, 0.3) is 0 Å². The highest BCUT2D eigenvalue weighted by molar-refractivity contribution is 6.23. The maximum absolute atomic E-state index is 10.6. The van der Waals surface area contributed by atoms with Crippen LogP contribution in [0.2, 0.25) is 0 Å². The van der Waals surface area contributed by atoms with E-state index >= 15 is 0 Å². The highest BCUT2D eigenvalue weighted by Gasteiger charge is 2.29. The third kappa shape index (κ3) is 3.87. The maximum atomic E-state index is 10.6. The van der Waals surface area contributed by atoms with E-state index in [-0.39, 0.29) is 17.7 Å². The number of rotatable bonds is 5. The van der Waals surface area contributed by atoms with Crippen LogP contribution in [0.5, 0.6) is 11.5 Å². The van der Waals surface area contributed by atoms with E-state index in [4.69, 9.17) is 9.73 Å². The quantitative estimate of drug-likeness (QED) is 0.244. The minimum Gasteiger partial charge on any atom is -0.507 e. The van der Waals surface area contributed by atoms with Gasteiger partial charge in [-0.3, -0.25) is 10.3 Å². The Kier molecular flexibility index (Phi) is 5.80. The molecule has 1 aliphatic rings. The molecule has 5 aromatic rings. The molecule has 1 aliphatic heterocycles. The second-order valence-corrected chi connectivity index (χ2v) is 9.27. The maximum Gasteiger partial charge on any atom is 0.135 e. The zero-order valence-corrected chi connectivity index (χ0v) is 20.1. The first-order valence-corrected chi connectivity index (χ1v) is 12.4. The lowest BCUT2D eigenvalue weighted by Gasteiger charge is -2.31. The van der Waals surface area contributed by atoms with Gasteiger partial charge in [-0.15, -0.1) is 0 Å². The SMILES string of the molecule is CCCOC1CC(c2cc3c4ccccc4ccc3c3ccccc23)=NC(c2c(O)cccc2O)N1. The molecule has 6 rings (SSSR count). The van der Waals surface area contributed by atoms with Gasteiger partial charge in [-0.1, -0.05) is 73.7 Å². The molecule has 0 saturated heterocycles. The topological polar surface area (TPSA) is 74.1 Å². The fourth-order valence-corrected chi connectivity index (χ4v) is 5.27. The van der Waals surface area contributed by atoms with Gasteiger partial charge in [0.15, 0.2) is 0 Å². The summed E-state index contributed by atoms with van der Waals surface area (Å²) >= 11 is 0. The molecular weight excluding hydrogens is 448 g/mol. The summed E-state index contributed by atoms with van der Waals surface area (Å²) in [5.74, 6) is 0.00205. The standard InChI is InChI=1S/C31H28N2O3/c1-2-16-36-29-18-26(32-31(33-29)30-27(34)12-7-13-28(30)35)25-17-24-20-9-4-3-8-19(20)14-15-23(24)21-10-5-6-11-22(21)25/h3-15,17,29,31,33-35H,2,16,18H2,1H3. The molecule has 5 nitrogen and oxygen atoms in total. The zero-order valence-electron chi connectivity index (χ0n) is 20.1. The van der Waals surface area contributed by atoms with Crippen LogP contribution in [0.3, 0.4) is 0 Å². The predicted octanol–water partition coefficient (Wildman–Crippen LogP) is 6.79. The summed E-state index contributed by atoms with van der Waals surface area (Å²) in [6, 6.07) is 28.2. The molecule has 0 bridgehead atoms. The minimum absolute atomic E-state index is 0.00102. The molecule has 2 atom stereocenters. The van der Waals surface area contributed by atoms with Crippen LogP contribution in [0, 0.1) is 0 Å². The Bertz CT molecular complexity index is 1610. The summed E-state index contributed by atoms with van der Waals surface area (Å²) in [5.41, 5.74) is 2.28. The average Bonchev–Trinajstić information content (AvgIpc) is 2.91. The molecule has 0 fully saturated rings. The van der Waals surface area contributed by atoms with E-state index in [0.29, 0.717) is 18.6 Å². The van der Waals surface area contributed by atoms with Gasteiger partial charge in [0.05, 0.1) is 5.56 Å². The molecule has 0 radical (unpaired) electrons. The normalized spacial score (nSPS) is 18.1. The van der Waals surface area contributed by atoms with E-state index in [1.165, 1.54) is 26.9 Å². The Morgan fingerprint density at radius 2 is 1.50 bits per heavy atom. The number of fused-ring (bicyclic) bond motifs is 5. The molecule has 0 aromatic heterocycles. The molecule has 0 amide bonds. The number of ether oxygens (including phenoxy) is 1. The summed E-state index contributed by atoms with van der Waals surface area (Å²) in [6.45, 7) is 2.68. The highest BCUT2D eigenvalue weighted by Crippen LogP contribution is 2.38. The van der Waals surface area contributed by atoms with E-state index in [1.807, 2.05) is 0 Å². The van der Waals surface area contributed by atoms with Crippen LogP contribution in [0.1, 0.15) is 37.1 Å². The van der Waals surface area contributed by atoms with Crippen molar-refractivity contribution in [2.24, 2.45) is 4.99 Å². The summed E-state index contributed by atoms with van der Waals surface area (Å²) in [5, 5.41) is 31.6. The number of aliphatic imine (C=N–C) groups is 1. The largest absolute Gasteiger partial charge is 0.507 e. The lowest BCUT2D eigenvalue weighted by Crippen LogP contribution is -2.41. The lowest BCUT2D eigenvalue weighted by molar-refractivity contribution is 0.0228. The molecule has 0 aliphatic carbocycles. The lowest BCUT2D eigenvalue weighted by atomic mass is 9.90. The highest BCUT2D eigenvalue weighted by atomic mass is 16.5. The van der Waals surface area contributed by atoms with E-state index in [0.717, 1.165) is 23.1 Å². The van der Waals surface area contributed by atoms with Crippen LogP contribution in [-0.2, 0) is 4.74 Å². The van der Waals surface area contributed by atoms with Crippen molar-refractivity contribution in [3.8, 4) is 11.5 Å². The van der Waals surface area contributed by atoms with Gasteiger partial charge in [0.1, 0.15) is 23.9 Å². The van der Waals surface area contributed by atoms with Crippen LogP contribution in [0.4, 0.5) is 0 Å². The fraction of sp³-hybridized carbons (Fsp3) is 0.194. The number of benzene rings is 5. The van der Waals surface area contributed by atoms with E-state index in [9.17, 15) is 10.2 Å². The molecule has 2 unspecified atom stereocenters. The summed E-state index contributed by atoms with van der Waals surface area (Å²) in [7, 11) is 0. The molecule has 36 heavy (non-hydrogen) atoms. The number of phenols is 2. The van der Waals surface area contributed by atoms with Crippen molar-refractivity contribution in [3.05, 3.63) is 96.1 Å². The first kappa shape index (κ1) is 22.5. The Hall–Kier alpha value is -3.93. The zero-order chi connectivity index (χ0) is 24.6. The Morgan fingerprint density at radius 3 is 2.28 bits per heavy atom. The van der Waals surface area contributed by atoms with Crippen LogP contribution in [-0.4, -0.2) is 28.8 Å². The molecule has 180 valence electrons. The molecule has 5 heteroatoms. The van der Waals surface area contributed by atoms with Crippen LogP contribution < -0.4 is 5.32 Å². The van der Waals surface area contributed by atoms with Gasteiger partial charge in [-0.25, -0.2) is 0 Å².